The summed E-state index contributed by atoms with van der Waals surface area (Å²) in [7, 11) is 0. The molecule has 1 aromatic carbocycles. The molecular weight excluding hydrogens is 303 g/mol. The van der Waals surface area contributed by atoms with E-state index >= 15 is 0 Å². The van der Waals surface area contributed by atoms with Gasteiger partial charge in [0.15, 0.2) is 0 Å². The summed E-state index contributed by atoms with van der Waals surface area (Å²) in [6, 6.07) is 4.02. The summed E-state index contributed by atoms with van der Waals surface area (Å²) in [5, 5.41) is 4.33. The Hall–Kier alpha value is 0.200. The number of benzene rings is 1. The van der Waals surface area contributed by atoms with Gasteiger partial charge < -0.3 is 0 Å². The Morgan fingerprint density at radius 2 is 2.17 bits per heavy atom. The predicted molar refractivity (Wildman–Crippen MR) is 64.3 cm³/mol. The van der Waals surface area contributed by atoms with Crippen molar-refractivity contribution in [2.75, 3.05) is 0 Å². The van der Waals surface area contributed by atoms with Crippen molar-refractivity contribution in [2.24, 2.45) is 0 Å². The topological polar surface area (TPSA) is 0 Å². The third-order valence-electron chi connectivity index (χ3n) is 1.81. The van der Waals surface area contributed by atoms with E-state index < -0.39 is 0 Å². The monoisotopic (exact) mass is 308 g/mol. The maximum atomic E-state index is 6.05. The molecule has 0 amide bonds. The molecule has 0 fully saturated rings. The molecule has 2 rings (SSSR count). The van der Waals surface area contributed by atoms with Crippen LogP contribution in [0.1, 0.15) is 5.56 Å². The summed E-state index contributed by atoms with van der Waals surface area (Å²) < 4.78 is 2.49. The van der Waals surface area contributed by atoms with Crippen molar-refractivity contribution in [3.63, 3.8) is 0 Å². The molecule has 0 bridgehead atoms. The third kappa shape index (κ3) is 1.26. The van der Waals surface area contributed by atoms with Gasteiger partial charge in [-0.15, -0.1) is 11.3 Å². The molecule has 0 unspecified atom stereocenters. The molecule has 0 N–H and O–H groups in total. The molecule has 0 aliphatic carbocycles. The Morgan fingerprint density at radius 3 is 2.83 bits per heavy atom. The van der Waals surface area contributed by atoms with Gasteiger partial charge in [-0.3, -0.25) is 0 Å². The molecule has 1 heterocycles. The quantitative estimate of drug-likeness (QED) is 0.630. The van der Waals surface area contributed by atoms with Crippen LogP contribution in [0.3, 0.4) is 0 Å². The van der Waals surface area contributed by atoms with Crippen molar-refractivity contribution in [1.29, 1.82) is 0 Å². The van der Waals surface area contributed by atoms with E-state index in [2.05, 4.69) is 41.0 Å². The number of halogens is 2. The Labute approximate surface area is 93.7 Å². The van der Waals surface area contributed by atoms with Crippen molar-refractivity contribution >= 4 is 55.6 Å². The molecule has 62 valence electrons. The van der Waals surface area contributed by atoms with Crippen molar-refractivity contribution in [3.8, 4) is 0 Å². The summed E-state index contributed by atoms with van der Waals surface area (Å²) in [5.41, 5.74) is 1.32. The highest BCUT2D eigenvalue weighted by atomic mass is 127. The first-order valence-electron chi connectivity index (χ1n) is 3.52. The number of rotatable bonds is 0. The van der Waals surface area contributed by atoms with Crippen LogP contribution in [-0.2, 0) is 0 Å². The predicted octanol–water partition coefficient (Wildman–Crippen LogP) is 4.47. The highest BCUT2D eigenvalue weighted by Crippen LogP contribution is 2.34. The molecule has 0 spiro atoms. The molecule has 0 nitrogen and oxygen atoms in total. The maximum absolute atomic E-state index is 6.05. The van der Waals surface area contributed by atoms with Gasteiger partial charge in [-0.05, 0) is 52.6 Å². The fraction of sp³-hybridized carbons (Fsp3) is 0.111. The zero-order chi connectivity index (χ0) is 8.72. The van der Waals surface area contributed by atoms with Gasteiger partial charge in [0.2, 0.25) is 0 Å². The zero-order valence-corrected chi connectivity index (χ0v) is 10.1. The molecule has 3 heteroatoms. The standard InChI is InChI=1S/C9H6ClIS/c1-5-4-12-9-6(10)2-3-7(11)8(5)9/h2-4H,1H3. The lowest BCUT2D eigenvalue weighted by molar-refractivity contribution is 1.58. The normalized spacial score (nSPS) is 10.9. The van der Waals surface area contributed by atoms with E-state index in [1.807, 2.05) is 6.07 Å². The van der Waals surface area contributed by atoms with Gasteiger partial charge >= 0.3 is 0 Å². The van der Waals surface area contributed by atoms with E-state index in [9.17, 15) is 0 Å². The smallest absolute Gasteiger partial charge is 0.0585 e. The highest BCUT2D eigenvalue weighted by Gasteiger charge is 2.06. The van der Waals surface area contributed by atoms with Crippen LogP contribution in [0.5, 0.6) is 0 Å². The fourth-order valence-corrected chi connectivity index (χ4v) is 3.55. The van der Waals surface area contributed by atoms with E-state index in [-0.39, 0.29) is 0 Å². The molecule has 2 aromatic rings. The van der Waals surface area contributed by atoms with E-state index in [4.69, 9.17) is 11.6 Å². The minimum Gasteiger partial charge on any atom is -0.142 e. The maximum Gasteiger partial charge on any atom is 0.0585 e. The lowest BCUT2D eigenvalue weighted by atomic mass is 10.2. The van der Waals surface area contributed by atoms with Crippen LogP contribution in [0.2, 0.25) is 5.02 Å². The number of fused-ring (bicyclic) bond motifs is 1. The Bertz CT molecular complexity index is 433. The van der Waals surface area contributed by atoms with Gasteiger partial charge in [0.1, 0.15) is 0 Å². The second-order valence-corrected chi connectivity index (χ2v) is 5.10. The van der Waals surface area contributed by atoms with Crippen molar-refractivity contribution in [2.45, 2.75) is 6.92 Å². The Balaban J connectivity index is 2.98. The lowest BCUT2D eigenvalue weighted by Crippen LogP contribution is -1.75. The molecule has 0 saturated heterocycles. The first-order chi connectivity index (χ1) is 5.70. The highest BCUT2D eigenvalue weighted by molar-refractivity contribution is 14.1. The average molecular weight is 309 g/mol. The van der Waals surface area contributed by atoms with Gasteiger partial charge in [0, 0.05) is 8.96 Å². The fourth-order valence-electron chi connectivity index (χ4n) is 1.22. The van der Waals surface area contributed by atoms with E-state index in [1.165, 1.54) is 19.2 Å². The van der Waals surface area contributed by atoms with E-state index in [0.717, 1.165) is 5.02 Å². The van der Waals surface area contributed by atoms with Crippen LogP contribution in [0.15, 0.2) is 17.5 Å². The van der Waals surface area contributed by atoms with Gasteiger partial charge in [0.25, 0.3) is 0 Å². The molecule has 0 saturated carbocycles. The van der Waals surface area contributed by atoms with Crippen LogP contribution < -0.4 is 0 Å². The first kappa shape index (κ1) is 8.78. The molecule has 1 aromatic heterocycles. The molecule has 0 aliphatic rings. The minimum absolute atomic E-state index is 0.864. The summed E-state index contributed by atoms with van der Waals surface area (Å²) in [4.78, 5) is 0. The van der Waals surface area contributed by atoms with Crippen molar-refractivity contribution in [3.05, 3.63) is 31.7 Å². The molecule has 0 aliphatic heterocycles. The van der Waals surface area contributed by atoms with Gasteiger partial charge in [0.05, 0.1) is 9.72 Å². The van der Waals surface area contributed by atoms with Crippen LogP contribution in [0, 0.1) is 10.5 Å². The van der Waals surface area contributed by atoms with Crippen LogP contribution >= 0.6 is 45.5 Å². The Kier molecular flexibility index (Phi) is 2.31. The van der Waals surface area contributed by atoms with Gasteiger partial charge in [-0.2, -0.15) is 0 Å². The molecular formula is C9H6ClIS. The second kappa shape index (κ2) is 3.16. The van der Waals surface area contributed by atoms with E-state index in [0.29, 0.717) is 0 Å². The summed E-state index contributed by atoms with van der Waals surface area (Å²) >= 11 is 10.1. The van der Waals surface area contributed by atoms with Gasteiger partial charge in [-0.25, -0.2) is 0 Å². The number of hydrogen-bond acceptors (Lipinski definition) is 1. The Morgan fingerprint density at radius 1 is 1.42 bits per heavy atom. The van der Waals surface area contributed by atoms with E-state index in [1.54, 1.807) is 11.3 Å². The second-order valence-electron chi connectivity index (χ2n) is 2.65. The zero-order valence-electron chi connectivity index (χ0n) is 6.40. The summed E-state index contributed by atoms with van der Waals surface area (Å²) in [6.45, 7) is 2.12. The first-order valence-corrected chi connectivity index (χ1v) is 5.85. The largest absolute Gasteiger partial charge is 0.142 e. The number of hydrogen-bond donors (Lipinski definition) is 0. The summed E-state index contributed by atoms with van der Waals surface area (Å²) in [6.07, 6.45) is 0. The average Bonchev–Trinajstić information content (AvgIpc) is 2.42. The third-order valence-corrected chi connectivity index (χ3v) is 4.26. The van der Waals surface area contributed by atoms with Crippen LogP contribution in [0.25, 0.3) is 10.1 Å². The van der Waals surface area contributed by atoms with Crippen LogP contribution in [0.4, 0.5) is 0 Å². The minimum atomic E-state index is 0.864. The molecule has 0 atom stereocenters. The number of aryl methyl sites for hydroxylation is 1. The van der Waals surface area contributed by atoms with Gasteiger partial charge in [-0.1, -0.05) is 11.6 Å². The van der Waals surface area contributed by atoms with Crippen molar-refractivity contribution in [1.82, 2.24) is 0 Å². The molecule has 12 heavy (non-hydrogen) atoms. The lowest BCUT2D eigenvalue weighted by Gasteiger charge is -1.97. The molecule has 0 radical (unpaired) electrons. The van der Waals surface area contributed by atoms with Crippen LogP contribution in [-0.4, -0.2) is 0 Å². The SMILES string of the molecule is Cc1csc2c(Cl)ccc(I)c12. The van der Waals surface area contributed by atoms with Crippen molar-refractivity contribution < 1.29 is 0 Å². The summed E-state index contributed by atoms with van der Waals surface area (Å²) in [5.74, 6) is 0. The number of thiophene rings is 1.